The Morgan fingerprint density at radius 2 is 0.227 bits per heavy atom. The summed E-state index contributed by atoms with van der Waals surface area (Å²) in [4.78, 5) is 0. The summed E-state index contributed by atoms with van der Waals surface area (Å²) < 4.78 is 0. The van der Waals surface area contributed by atoms with Crippen LogP contribution in [0.1, 0.15) is 0 Å². The first-order valence-corrected chi connectivity index (χ1v) is 3.10. The summed E-state index contributed by atoms with van der Waals surface area (Å²) in [6.07, 6.45) is 0. The molecule has 144 valence electrons. The Kier molecular flexibility index (Phi) is 164. The number of rotatable bonds is 0. The fourth-order valence-electron chi connectivity index (χ4n) is 0. The van der Waals surface area contributed by atoms with Gasteiger partial charge in [0.15, 0.2) is 0 Å². The van der Waals surface area contributed by atoms with Crippen LogP contribution in [0.4, 0.5) is 0 Å². The fourth-order valence-corrected chi connectivity index (χ4v) is 0. The van der Waals surface area contributed by atoms with Crippen LogP contribution in [0, 0.1) is 0 Å². The maximum atomic E-state index is 7.17. The summed E-state index contributed by atoms with van der Waals surface area (Å²) in [5, 5.41) is 86.0. The zero-order valence-corrected chi connectivity index (χ0v) is 23.3. The zero-order chi connectivity index (χ0) is 14.3. The Morgan fingerprint density at radius 3 is 0.227 bits per heavy atom. The van der Waals surface area contributed by atoms with Crippen molar-refractivity contribution >= 4 is 132 Å². The molecule has 22 heavy (non-hydrogen) atoms. The molecule has 0 spiro atoms. The Morgan fingerprint density at radius 1 is 0.227 bits per heavy atom. The molecule has 0 atom stereocenters. The summed E-state index contributed by atoms with van der Waals surface area (Å²) in [5.74, 6) is 0. The van der Waals surface area contributed by atoms with Crippen molar-refractivity contribution in [3.05, 3.63) is 0 Å². The molecule has 0 aliphatic heterocycles. The van der Waals surface area contributed by atoms with Crippen LogP contribution in [0.15, 0.2) is 0 Å². The van der Waals surface area contributed by atoms with Crippen molar-refractivity contribution in [1.82, 2.24) is 0 Å². The van der Waals surface area contributed by atoms with E-state index in [1.165, 1.54) is 0 Å². The molecular weight excluding hydrogens is 709 g/mol. The van der Waals surface area contributed by atoms with Gasteiger partial charge in [0.25, 0.3) is 0 Å². The van der Waals surface area contributed by atoms with Crippen molar-refractivity contribution in [2.24, 2.45) is 0 Å². The van der Waals surface area contributed by atoms with Crippen molar-refractivity contribution in [2.75, 3.05) is 0 Å². The van der Waals surface area contributed by atoms with Gasteiger partial charge in [0.05, 0.1) is 0 Å². The predicted octanol–water partition coefficient (Wildman–Crippen LogP) is -13.7. The van der Waals surface area contributed by atoms with Crippen molar-refractivity contribution in [1.29, 1.82) is 0 Å². The molecule has 0 saturated carbocycles. The molecule has 12 N–H and O–H groups in total. The molecule has 0 aromatic carbocycles. The average molecular weight is 733 g/mol. The molecule has 0 amide bonds. The summed E-state index contributed by atoms with van der Waals surface area (Å²) in [6, 6.07) is 0. The van der Waals surface area contributed by atoms with E-state index in [2.05, 4.69) is 0 Å². The van der Waals surface area contributed by atoms with Gasteiger partial charge in [0.1, 0.15) is 0 Å². The molecule has 12 nitrogen and oxygen atoms in total. The molecule has 0 fully saturated rings. The predicted molar refractivity (Wildman–Crippen MR) is 101 cm³/mol. The van der Waals surface area contributed by atoms with Crippen LogP contribution in [0.3, 0.4) is 0 Å². The third kappa shape index (κ3) is 1310. The second-order valence-corrected chi connectivity index (χ2v) is 1.39. The summed E-state index contributed by atoms with van der Waals surface area (Å²) in [7, 11) is -8.67. The molecule has 0 saturated heterocycles. The minimum atomic E-state index is -2.17. The normalized spacial score (nSPS) is 4.91. The van der Waals surface area contributed by atoms with E-state index < -0.39 is 29.3 Å². The van der Waals surface area contributed by atoms with Gasteiger partial charge in [0.2, 0.25) is 0 Å². The van der Waals surface area contributed by atoms with Gasteiger partial charge in [-0.2, -0.15) is 0 Å². The Hall–Kier alpha value is 2.90. The average Bonchev–Trinajstić information content (AvgIpc) is 1.76. The van der Waals surface area contributed by atoms with Gasteiger partial charge in [0, 0.05) is 0 Å². The molecule has 22 heteroatoms. The summed E-state index contributed by atoms with van der Waals surface area (Å²) >= 11 is 0. The third-order valence-corrected chi connectivity index (χ3v) is 0. The molecular formula is H24B4O12Se6. The zero-order valence-electron chi connectivity index (χ0n) is 10.7. The van der Waals surface area contributed by atoms with Crippen molar-refractivity contribution in [3.8, 4) is 0 Å². The van der Waals surface area contributed by atoms with Crippen LogP contribution >= 0.6 is 0 Å². The summed E-state index contributed by atoms with van der Waals surface area (Å²) in [5.41, 5.74) is 0. The van der Waals surface area contributed by atoms with E-state index in [9.17, 15) is 0 Å². The Bertz CT molecular complexity index is 74.6. The second-order valence-electron chi connectivity index (χ2n) is 1.39. The first kappa shape index (κ1) is 64.1. The maximum absolute atomic E-state index is 7.17. The van der Waals surface area contributed by atoms with E-state index in [1.807, 2.05) is 0 Å². The number of hydrogen-bond donors (Lipinski definition) is 12. The first-order valence-electron chi connectivity index (χ1n) is 3.10. The topological polar surface area (TPSA) is 243 Å². The van der Waals surface area contributed by atoms with E-state index in [0.717, 1.165) is 0 Å². The van der Waals surface area contributed by atoms with Crippen molar-refractivity contribution in [3.63, 3.8) is 0 Å². The van der Waals surface area contributed by atoms with Crippen LogP contribution in [-0.2, 0) is 0 Å². The molecule has 0 bridgehead atoms. The van der Waals surface area contributed by atoms with E-state index in [1.54, 1.807) is 0 Å². The monoisotopic (exact) mass is 740 g/mol. The summed E-state index contributed by atoms with van der Waals surface area (Å²) in [6.45, 7) is 0. The van der Waals surface area contributed by atoms with Gasteiger partial charge in [-0.05, 0) is 0 Å². The molecule has 0 aromatic heterocycles. The first-order chi connectivity index (χ1) is 6.93. The fraction of sp³-hybridized carbons (Fsp3) is 0. The Balaban J connectivity index is -0.00000001000. The molecule has 0 aliphatic rings. The van der Waals surface area contributed by atoms with Crippen LogP contribution in [0.5, 0.6) is 0 Å². The van der Waals surface area contributed by atoms with E-state index in [0.29, 0.717) is 0 Å². The van der Waals surface area contributed by atoms with Gasteiger partial charge in [-0.3, -0.25) is 0 Å². The molecule has 0 aliphatic carbocycles. The second kappa shape index (κ2) is 56.5. The Labute approximate surface area is 190 Å². The molecule has 0 radical (unpaired) electrons. The van der Waals surface area contributed by atoms with Crippen LogP contribution in [0.2, 0.25) is 0 Å². The quantitative estimate of drug-likeness (QED) is 0.104. The molecule has 0 aromatic rings. The SMILES string of the molecule is OB(O)O.OB(O)O.OB(O)O.OB(O)O.[SeH2].[SeH2].[SeH2].[SeH2].[SeH2].[SeH2]. The molecule has 0 rings (SSSR count). The van der Waals surface area contributed by atoms with Gasteiger partial charge >= 0.3 is 132 Å². The van der Waals surface area contributed by atoms with Crippen LogP contribution in [0.25, 0.3) is 0 Å². The minimum absolute atomic E-state index is 0. The van der Waals surface area contributed by atoms with Gasteiger partial charge in [-0.25, -0.2) is 0 Å². The van der Waals surface area contributed by atoms with E-state index >= 15 is 0 Å². The van der Waals surface area contributed by atoms with Gasteiger partial charge in [-0.1, -0.05) is 0 Å². The van der Waals surface area contributed by atoms with Gasteiger partial charge < -0.3 is 60.3 Å². The third-order valence-electron chi connectivity index (χ3n) is 0. The van der Waals surface area contributed by atoms with E-state index in [4.69, 9.17) is 60.3 Å². The van der Waals surface area contributed by atoms with Crippen molar-refractivity contribution < 1.29 is 60.3 Å². The van der Waals surface area contributed by atoms with Gasteiger partial charge in [-0.15, -0.1) is 0 Å². The standard InChI is InChI=1S/4BH3O3.6H2Se/c4*2-1(3)4;;;;;;/h4*2-4H;6*1H2. The number of hydrogen-bond acceptors (Lipinski definition) is 12. The van der Waals surface area contributed by atoms with Crippen LogP contribution in [-0.4, -0.2) is 192 Å². The van der Waals surface area contributed by atoms with Crippen LogP contribution < -0.4 is 0 Å². The molecule has 0 unspecified atom stereocenters. The van der Waals surface area contributed by atoms with Crippen molar-refractivity contribution in [2.45, 2.75) is 0 Å². The van der Waals surface area contributed by atoms with E-state index in [-0.39, 0.29) is 102 Å². The molecule has 0 heterocycles.